The zero-order valence-corrected chi connectivity index (χ0v) is 9.52. The second-order valence-corrected chi connectivity index (χ2v) is 3.33. The largest absolute Gasteiger partial charge is 0.384 e. The normalized spacial score (nSPS) is 14.9. The second-order valence-electron chi connectivity index (χ2n) is 3.33. The molecule has 5 nitrogen and oxygen atoms in total. The Kier molecular flexibility index (Phi) is 3.99. The Bertz CT molecular complexity index is 302. The molecule has 0 fully saturated rings. The van der Waals surface area contributed by atoms with Crippen molar-refractivity contribution >= 4 is 5.82 Å². The van der Waals surface area contributed by atoms with Crippen molar-refractivity contribution in [1.82, 2.24) is 9.97 Å². The summed E-state index contributed by atoms with van der Waals surface area (Å²) in [6, 6.07) is 1.71. The van der Waals surface area contributed by atoms with Crippen molar-refractivity contribution in [2.75, 3.05) is 20.0 Å². The number of aromatic nitrogens is 2. The number of ether oxygens (including phenoxy) is 2. The first-order valence-electron chi connectivity index (χ1n) is 4.78. The van der Waals surface area contributed by atoms with Gasteiger partial charge in [-0.3, -0.25) is 0 Å². The van der Waals surface area contributed by atoms with E-state index in [4.69, 9.17) is 15.2 Å². The summed E-state index contributed by atoms with van der Waals surface area (Å²) in [6.45, 7) is 3.78. The topological polar surface area (TPSA) is 70.3 Å². The standard InChI is InChI=1S/C10H17N3O2/c1-6(14-3)8-5-9(11)13-10(12-8)7(2)15-4/h5-7H,1-4H3,(H2,11,12,13)/t6-,7+/m1/s1. The zero-order chi connectivity index (χ0) is 11.4. The van der Waals surface area contributed by atoms with Crippen LogP contribution in [0.4, 0.5) is 5.82 Å². The van der Waals surface area contributed by atoms with Crippen LogP contribution in [-0.2, 0) is 9.47 Å². The van der Waals surface area contributed by atoms with Gasteiger partial charge in [-0.2, -0.15) is 0 Å². The molecule has 0 spiro atoms. The Morgan fingerprint density at radius 3 is 2.27 bits per heavy atom. The van der Waals surface area contributed by atoms with E-state index >= 15 is 0 Å². The van der Waals surface area contributed by atoms with Gasteiger partial charge in [-0.05, 0) is 13.8 Å². The smallest absolute Gasteiger partial charge is 0.159 e. The molecule has 0 aliphatic carbocycles. The van der Waals surface area contributed by atoms with E-state index in [9.17, 15) is 0 Å². The van der Waals surface area contributed by atoms with Gasteiger partial charge >= 0.3 is 0 Å². The van der Waals surface area contributed by atoms with Gasteiger partial charge in [0, 0.05) is 20.3 Å². The molecule has 0 amide bonds. The van der Waals surface area contributed by atoms with Crippen LogP contribution in [-0.4, -0.2) is 24.2 Å². The van der Waals surface area contributed by atoms with Gasteiger partial charge in [0.15, 0.2) is 5.82 Å². The molecule has 2 atom stereocenters. The fraction of sp³-hybridized carbons (Fsp3) is 0.600. The number of hydrogen-bond acceptors (Lipinski definition) is 5. The highest BCUT2D eigenvalue weighted by Crippen LogP contribution is 2.19. The summed E-state index contributed by atoms with van der Waals surface area (Å²) in [5, 5.41) is 0. The predicted molar refractivity (Wildman–Crippen MR) is 57.3 cm³/mol. The lowest BCUT2D eigenvalue weighted by Crippen LogP contribution is -2.10. The van der Waals surface area contributed by atoms with Crippen LogP contribution >= 0.6 is 0 Å². The summed E-state index contributed by atoms with van der Waals surface area (Å²) in [7, 11) is 3.24. The van der Waals surface area contributed by atoms with Gasteiger partial charge in [-0.15, -0.1) is 0 Å². The fourth-order valence-corrected chi connectivity index (χ4v) is 1.12. The molecule has 0 bridgehead atoms. The highest BCUT2D eigenvalue weighted by atomic mass is 16.5. The number of nitrogens with two attached hydrogens (primary N) is 1. The van der Waals surface area contributed by atoms with Crippen LogP contribution in [0, 0.1) is 0 Å². The average Bonchev–Trinajstić information content (AvgIpc) is 2.26. The van der Waals surface area contributed by atoms with Crippen LogP contribution in [0.2, 0.25) is 0 Å². The van der Waals surface area contributed by atoms with Gasteiger partial charge in [0.05, 0.1) is 11.8 Å². The van der Waals surface area contributed by atoms with Crippen molar-refractivity contribution in [3.63, 3.8) is 0 Å². The average molecular weight is 211 g/mol. The lowest BCUT2D eigenvalue weighted by atomic mass is 10.2. The number of methoxy groups -OCH3 is 2. The van der Waals surface area contributed by atoms with Crippen molar-refractivity contribution < 1.29 is 9.47 Å². The summed E-state index contributed by atoms with van der Waals surface area (Å²) < 4.78 is 10.3. The van der Waals surface area contributed by atoms with Crippen LogP contribution in [0.5, 0.6) is 0 Å². The van der Waals surface area contributed by atoms with Crippen LogP contribution in [0.15, 0.2) is 6.07 Å². The monoisotopic (exact) mass is 211 g/mol. The summed E-state index contributed by atoms with van der Waals surface area (Å²) in [6.07, 6.45) is -0.269. The third-order valence-electron chi connectivity index (χ3n) is 2.27. The van der Waals surface area contributed by atoms with E-state index in [0.717, 1.165) is 5.69 Å². The maximum absolute atomic E-state index is 5.68. The minimum Gasteiger partial charge on any atom is -0.384 e. The van der Waals surface area contributed by atoms with Crippen LogP contribution < -0.4 is 5.73 Å². The molecule has 0 aliphatic rings. The van der Waals surface area contributed by atoms with Crippen molar-refractivity contribution in [3.8, 4) is 0 Å². The maximum atomic E-state index is 5.68. The first-order valence-corrected chi connectivity index (χ1v) is 4.78. The van der Waals surface area contributed by atoms with Crippen molar-refractivity contribution in [3.05, 3.63) is 17.6 Å². The van der Waals surface area contributed by atoms with E-state index in [1.807, 2.05) is 13.8 Å². The van der Waals surface area contributed by atoms with E-state index in [2.05, 4.69) is 9.97 Å². The zero-order valence-electron chi connectivity index (χ0n) is 9.52. The number of anilines is 1. The molecular weight excluding hydrogens is 194 g/mol. The van der Waals surface area contributed by atoms with Gasteiger partial charge < -0.3 is 15.2 Å². The quantitative estimate of drug-likeness (QED) is 0.816. The molecule has 0 aromatic carbocycles. The molecule has 15 heavy (non-hydrogen) atoms. The van der Waals surface area contributed by atoms with Crippen LogP contribution in [0.3, 0.4) is 0 Å². The highest BCUT2D eigenvalue weighted by Gasteiger charge is 2.13. The van der Waals surface area contributed by atoms with Crippen molar-refractivity contribution in [2.45, 2.75) is 26.1 Å². The maximum Gasteiger partial charge on any atom is 0.159 e. The summed E-state index contributed by atoms with van der Waals surface area (Å²) >= 11 is 0. The number of rotatable bonds is 4. The summed E-state index contributed by atoms with van der Waals surface area (Å²) in [5.74, 6) is 1.01. The van der Waals surface area contributed by atoms with E-state index in [0.29, 0.717) is 11.6 Å². The van der Waals surface area contributed by atoms with Gasteiger partial charge in [0.2, 0.25) is 0 Å². The molecule has 2 N–H and O–H groups in total. The molecule has 0 aliphatic heterocycles. The number of nitrogens with zero attached hydrogens (tertiary/aromatic N) is 2. The molecule has 0 saturated carbocycles. The minimum absolute atomic E-state index is 0.0990. The first kappa shape index (κ1) is 11.9. The highest BCUT2D eigenvalue weighted by molar-refractivity contribution is 5.31. The Morgan fingerprint density at radius 2 is 1.73 bits per heavy atom. The first-order chi connectivity index (χ1) is 7.08. The summed E-state index contributed by atoms with van der Waals surface area (Å²) in [4.78, 5) is 8.44. The molecule has 0 radical (unpaired) electrons. The third kappa shape index (κ3) is 2.87. The molecule has 1 rings (SSSR count). The molecule has 0 unspecified atom stereocenters. The predicted octanol–water partition coefficient (Wildman–Crippen LogP) is 1.47. The van der Waals surface area contributed by atoms with Gasteiger partial charge in [0.25, 0.3) is 0 Å². The Morgan fingerprint density at radius 1 is 1.13 bits per heavy atom. The molecule has 0 saturated heterocycles. The van der Waals surface area contributed by atoms with Gasteiger partial charge in [-0.25, -0.2) is 9.97 Å². The number of nitrogen functional groups attached to an aromatic ring is 1. The lowest BCUT2D eigenvalue weighted by Gasteiger charge is -2.13. The summed E-state index contributed by atoms with van der Waals surface area (Å²) in [5.41, 5.74) is 6.45. The minimum atomic E-state index is -0.170. The second kappa shape index (κ2) is 5.04. The molecule has 1 heterocycles. The fourth-order valence-electron chi connectivity index (χ4n) is 1.12. The molecule has 1 aromatic heterocycles. The molecule has 1 aromatic rings. The molecular formula is C10H17N3O2. The molecule has 5 heteroatoms. The Hall–Kier alpha value is -1.20. The van der Waals surface area contributed by atoms with E-state index in [1.165, 1.54) is 0 Å². The number of hydrogen-bond donors (Lipinski definition) is 1. The lowest BCUT2D eigenvalue weighted by molar-refractivity contribution is 0.104. The van der Waals surface area contributed by atoms with Crippen LogP contribution in [0.1, 0.15) is 37.6 Å². The van der Waals surface area contributed by atoms with E-state index in [-0.39, 0.29) is 12.2 Å². The molecule has 84 valence electrons. The van der Waals surface area contributed by atoms with Crippen molar-refractivity contribution in [1.29, 1.82) is 0 Å². The SMILES string of the molecule is CO[C@@H](C)c1nc(N)cc([C@@H](C)OC)n1. The van der Waals surface area contributed by atoms with Crippen LogP contribution in [0.25, 0.3) is 0 Å². The van der Waals surface area contributed by atoms with E-state index in [1.54, 1.807) is 20.3 Å². The Labute approximate surface area is 89.6 Å². The van der Waals surface area contributed by atoms with Gasteiger partial charge in [0.1, 0.15) is 11.9 Å². The third-order valence-corrected chi connectivity index (χ3v) is 2.27. The van der Waals surface area contributed by atoms with E-state index < -0.39 is 0 Å². The van der Waals surface area contributed by atoms with Crippen molar-refractivity contribution in [2.24, 2.45) is 0 Å². The Balaban J connectivity index is 3.04. The van der Waals surface area contributed by atoms with Gasteiger partial charge in [-0.1, -0.05) is 0 Å².